The van der Waals surface area contributed by atoms with E-state index in [1.54, 1.807) is 20.9 Å². The zero-order chi connectivity index (χ0) is 14.5. The fourth-order valence-electron chi connectivity index (χ4n) is 2.00. The van der Waals surface area contributed by atoms with Gasteiger partial charge in [-0.2, -0.15) is 5.10 Å². The van der Waals surface area contributed by atoms with Crippen LogP contribution in [0, 0.1) is 0 Å². The zero-order valence-corrected chi connectivity index (χ0v) is 12.9. The van der Waals surface area contributed by atoms with Gasteiger partial charge in [-0.3, -0.25) is 14.4 Å². The highest BCUT2D eigenvalue weighted by atomic mass is 32.1. The van der Waals surface area contributed by atoms with Crippen molar-refractivity contribution in [1.29, 1.82) is 0 Å². The van der Waals surface area contributed by atoms with E-state index < -0.39 is 0 Å². The highest BCUT2D eigenvalue weighted by molar-refractivity contribution is 7.09. The van der Waals surface area contributed by atoms with Crippen LogP contribution in [-0.4, -0.2) is 46.1 Å². The van der Waals surface area contributed by atoms with E-state index in [0.29, 0.717) is 13.1 Å². The van der Waals surface area contributed by atoms with Gasteiger partial charge in [-0.1, -0.05) is 6.07 Å². The SMILES string of the molecule is CN(CC(=O)N(C)Cc1cccs1)Cc1cnn(C)c1. The summed E-state index contributed by atoms with van der Waals surface area (Å²) in [5, 5.41) is 6.16. The van der Waals surface area contributed by atoms with Crippen molar-refractivity contribution < 1.29 is 4.79 Å². The molecule has 0 bridgehead atoms. The Kier molecular flexibility index (Phi) is 4.92. The molecule has 0 unspecified atom stereocenters. The monoisotopic (exact) mass is 292 g/mol. The normalized spacial score (nSPS) is 11.0. The summed E-state index contributed by atoms with van der Waals surface area (Å²) in [5.41, 5.74) is 1.11. The molecule has 0 saturated heterocycles. The average molecular weight is 292 g/mol. The van der Waals surface area contributed by atoms with Crippen LogP contribution in [0.4, 0.5) is 0 Å². The van der Waals surface area contributed by atoms with Gasteiger partial charge in [-0.25, -0.2) is 0 Å². The molecule has 2 aromatic rings. The molecule has 2 rings (SSSR count). The summed E-state index contributed by atoms with van der Waals surface area (Å²) in [4.78, 5) is 17.1. The van der Waals surface area contributed by atoms with Crippen LogP contribution < -0.4 is 0 Å². The van der Waals surface area contributed by atoms with Crippen LogP contribution in [-0.2, 0) is 24.9 Å². The molecule has 0 atom stereocenters. The van der Waals surface area contributed by atoms with Crippen molar-refractivity contribution in [3.05, 3.63) is 40.3 Å². The van der Waals surface area contributed by atoms with Gasteiger partial charge < -0.3 is 4.90 Å². The molecule has 0 aliphatic carbocycles. The van der Waals surface area contributed by atoms with E-state index >= 15 is 0 Å². The van der Waals surface area contributed by atoms with Crippen LogP contribution in [0.15, 0.2) is 29.9 Å². The van der Waals surface area contributed by atoms with Gasteiger partial charge in [-0.05, 0) is 18.5 Å². The summed E-state index contributed by atoms with van der Waals surface area (Å²) in [6.45, 7) is 1.82. The lowest BCUT2D eigenvalue weighted by Gasteiger charge is -2.21. The van der Waals surface area contributed by atoms with E-state index in [1.807, 2.05) is 55.9 Å². The quantitative estimate of drug-likeness (QED) is 0.811. The van der Waals surface area contributed by atoms with E-state index in [0.717, 1.165) is 12.1 Å². The molecule has 20 heavy (non-hydrogen) atoms. The number of aromatic nitrogens is 2. The number of carbonyl (C=O) groups excluding carboxylic acids is 1. The molecule has 0 saturated carbocycles. The summed E-state index contributed by atoms with van der Waals surface area (Å²) < 4.78 is 1.77. The van der Waals surface area contributed by atoms with Crippen molar-refractivity contribution in [2.24, 2.45) is 7.05 Å². The second kappa shape index (κ2) is 6.67. The number of thiophene rings is 1. The van der Waals surface area contributed by atoms with Gasteiger partial charge in [0.1, 0.15) is 0 Å². The third kappa shape index (κ3) is 4.18. The maximum atomic E-state index is 12.1. The van der Waals surface area contributed by atoms with Gasteiger partial charge in [-0.15, -0.1) is 11.3 Å². The molecule has 6 heteroatoms. The lowest BCUT2D eigenvalue weighted by Crippen LogP contribution is -2.35. The summed E-state index contributed by atoms with van der Waals surface area (Å²) in [5.74, 6) is 0.129. The number of hydrogen-bond donors (Lipinski definition) is 0. The van der Waals surface area contributed by atoms with Crippen LogP contribution >= 0.6 is 11.3 Å². The van der Waals surface area contributed by atoms with Crippen LogP contribution in [0.2, 0.25) is 0 Å². The highest BCUT2D eigenvalue weighted by Gasteiger charge is 2.13. The zero-order valence-electron chi connectivity index (χ0n) is 12.1. The second-order valence-electron chi connectivity index (χ2n) is 5.02. The number of rotatable bonds is 6. The third-order valence-electron chi connectivity index (χ3n) is 3.01. The van der Waals surface area contributed by atoms with E-state index in [2.05, 4.69) is 5.10 Å². The minimum atomic E-state index is 0.129. The van der Waals surface area contributed by atoms with Gasteiger partial charge in [0.15, 0.2) is 0 Å². The Bertz CT molecular complexity index is 549. The minimum Gasteiger partial charge on any atom is -0.340 e. The number of hydrogen-bond acceptors (Lipinski definition) is 4. The molecule has 0 fully saturated rings. The van der Waals surface area contributed by atoms with Crippen LogP contribution in [0.25, 0.3) is 0 Å². The third-order valence-corrected chi connectivity index (χ3v) is 3.88. The molecular weight excluding hydrogens is 272 g/mol. The van der Waals surface area contributed by atoms with Crippen molar-refractivity contribution in [3.8, 4) is 0 Å². The first-order chi connectivity index (χ1) is 9.54. The largest absolute Gasteiger partial charge is 0.340 e. The predicted octanol–water partition coefficient (Wildman–Crippen LogP) is 1.57. The van der Waals surface area contributed by atoms with Crippen LogP contribution in [0.3, 0.4) is 0 Å². The van der Waals surface area contributed by atoms with Crippen molar-refractivity contribution >= 4 is 17.2 Å². The summed E-state index contributed by atoms with van der Waals surface area (Å²) in [6.07, 6.45) is 3.80. The molecule has 0 aliphatic heterocycles. The van der Waals surface area contributed by atoms with E-state index in [1.165, 1.54) is 4.88 Å². The highest BCUT2D eigenvalue weighted by Crippen LogP contribution is 2.11. The van der Waals surface area contributed by atoms with Crippen molar-refractivity contribution in [2.75, 3.05) is 20.6 Å². The maximum Gasteiger partial charge on any atom is 0.236 e. The van der Waals surface area contributed by atoms with E-state index in [-0.39, 0.29) is 5.91 Å². The Morgan fingerprint density at radius 3 is 2.80 bits per heavy atom. The Hall–Kier alpha value is -1.66. The first-order valence-corrected chi connectivity index (χ1v) is 7.35. The van der Waals surface area contributed by atoms with Gasteiger partial charge >= 0.3 is 0 Å². The lowest BCUT2D eigenvalue weighted by atomic mass is 10.3. The molecule has 0 aliphatic rings. The van der Waals surface area contributed by atoms with Gasteiger partial charge in [0.05, 0.1) is 19.3 Å². The topological polar surface area (TPSA) is 41.4 Å². The van der Waals surface area contributed by atoms with Gasteiger partial charge in [0, 0.05) is 37.3 Å². The summed E-state index contributed by atoms with van der Waals surface area (Å²) >= 11 is 1.67. The molecule has 0 spiro atoms. The molecule has 0 N–H and O–H groups in total. The summed E-state index contributed by atoms with van der Waals surface area (Å²) in [7, 11) is 5.69. The van der Waals surface area contributed by atoms with E-state index in [4.69, 9.17) is 0 Å². The fraction of sp³-hybridized carbons (Fsp3) is 0.429. The first kappa shape index (κ1) is 14.7. The van der Waals surface area contributed by atoms with Crippen LogP contribution in [0.1, 0.15) is 10.4 Å². The number of nitrogens with zero attached hydrogens (tertiary/aromatic N) is 4. The Balaban J connectivity index is 1.81. The van der Waals surface area contributed by atoms with Crippen molar-refractivity contribution in [1.82, 2.24) is 19.6 Å². The number of amides is 1. The van der Waals surface area contributed by atoms with Gasteiger partial charge in [0.25, 0.3) is 0 Å². The smallest absolute Gasteiger partial charge is 0.236 e. The van der Waals surface area contributed by atoms with Crippen LogP contribution in [0.5, 0.6) is 0 Å². The molecule has 108 valence electrons. The Morgan fingerprint density at radius 1 is 1.40 bits per heavy atom. The molecular formula is C14H20N4OS. The molecule has 0 radical (unpaired) electrons. The van der Waals surface area contributed by atoms with E-state index in [9.17, 15) is 4.79 Å². The number of carbonyl (C=O) groups is 1. The predicted molar refractivity (Wildman–Crippen MR) is 80.3 cm³/mol. The maximum absolute atomic E-state index is 12.1. The Morgan fingerprint density at radius 2 is 2.20 bits per heavy atom. The molecule has 5 nitrogen and oxygen atoms in total. The van der Waals surface area contributed by atoms with Crippen molar-refractivity contribution in [3.63, 3.8) is 0 Å². The first-order valence-electron chi connectivity index (χ1n) is 6.47. The lowest BCUT2D eigenvalue weighted by molar-refractivity contribution is -0.131. The molecule has 1 amide bonds. The summed E-state index contributed by atoms with van der Waals surface area (Å²) in [6, 6.07) is 4.06. The molecule has 0 aromatic carbocycles. The second-order valence-corrected chi connectivity index (χ2v) is 6.06. The standard InChI is InChI=1S/C14H20N4OS/c1-16(8-12-7-15-18(3)9-12)11-14(19)17(2)10-13-5-4-6-20-13/h4-7,9H,8,10-11H2,1-3H3. The van der Waals surface area contributed by atoms with Crippen molar-refractivity contribution in [2.45, 2.75) is 13.1 Å². The van der Waals surface area contributed by atoms with Gasteiger partial charge in [0.2, 0.25) is 5.91 Å². The average Bonchev–Trinajstić information content (AvgIpc) is 3.01. The Labute approximate surface area is 123 Å². The molecule has 2 heterocycles. The molecule has 2 aromatic heterocycles. The number of aryl methyl sites for hydroxylation is 1. The minimum absolute atomic E-state index is 0.129. The fourth-order valence-corrected chi connectivity index (χ4v) is 2.75. The number of likely N-dealkylation sites (N-methyl/N-ethyl adjacent to an activating group) is 2.